The maximum absolute atomic E-state index is 11.0. The van der Waals surface area contributed by atoms with Crippen LogP contribution < -0.4 is 16.2 Å². The number of carbonyl (C=O) groups is 1. The van der Waals surface area contributed by atoms with E-state index in [0.717, 1.165) is 5.56 Å². The van der Waals surface area contributed by atoms with E-state index in [-0.39, 0.29) is 46.7 Å². The zero-order chi connectivity index (χ0) is 22.8. The second kappa shape index (κ2) is 11.4. The van der Waals surface area contributed by atoms with E-state index in [1.54, 1.807) is 24.3 Å². The SMILES string of the molecule is Cl.Nc1cc(COc2c(Cl)cc(C[C@H](N)C(=O)O)cc2Cl)c2oc(-c3ccccc3)nc2c1.O. The van der Waals surface area contributed by atoms with Gasteiger partial charge in [0.1, 0.15) is 18.2 Å². The summed E-state index contributed by atoms with van der Waals surface area (Å²) >= 11 is 12.7. The molecule has 0 radical (unpaired) electrons. The molecule has 3 aromatic carbocycles. The number of hydrogen-bond acceptors (Lipinski definition) is 6. The number of benzene rings is 3. The number of nitrogens with two attached hydrogens (primary N) is 2. The van der Waals surface area contributed by atoms with E-state index in [0.29, 0.717) is 33.8 Å². The van der Waals surface area contributed by atoms with E-state index in [2.05, 4.69) is 4.98 Å². The summed E-state index contributed by atoms with van der Waals surface area (Å²) in [7, 11) is 0. The van der Waals surface area contributed by atoms with Crippen LogP contribution in [0.25, 0.3) is 22.6 Å². The second-order valence-electron chi connectivity index (χ2n) is 7.24. The number of carboxylic acids is 1. The Morgan fingerprint density at radius 1 is 1.12 bits per heavy atom. The lowest BCUT2D eigenvalue weighted by atomic mass is 10.1. The number of aromatic nitrogens is 1. The quantitative estimate of drug-likeness (QED) is 0.299. The molecule has 1 heterocycles. The Balaban J connectivity index is 0.00000204. The van der Waals surface area contributed by atoms with Crippen LogP contribution in [0.4, 0.5) is 5.69 Å². The average Bonchev–Trinajstić information content (AvgIpc) is 3.17. The zero-order valence-corrected chi connectivity index (χ0v) is 20.0. The number of rotatable bonds is 7. The molecular weight excluding hydrogens is 505 g/mol. The first-order chi connectivity index (χ1) is 15.3. The van der Waals surface area contributed by atoms with Crippen LogP contribution in [-0.4, -0.2) is 27.6 Å². The molecule has 0 spiro atoms. The van der Waals surface area contributed by atoms with Crippen molar-refractivity contribution in [2.75, 3.05) is 5.73 Å². The Hall–Kier alpha value is -3.01. The van der Waals surface area contributed by atoms with Crippen LogP contribution in [0.15, 0.2) is 59.0 Å². The van der Waals surface area contributed by atoms with Gasteiger partial charge in [0.2, 0.25) is 5.89 Å². The van der Waals surface area contributed by atoms with Crippen LogP contribution in [0, 0.1) is 0 Å². The Bertz CT molecular complexity index is 1280. The first kappa shape index (κ1) is 27.2. The lowest BCUT2D eigenvalue weighted by Gasteiger charge is -2.13. The monoisotopic (exact) mass is 525 g/mol. The molecule has 34 heavy (non-hydrogen) atoms. The zero-order valence-electron chi connectivity index (χ0n) is 17.6. The largest absolute Gasteiger partial charge is 0.486 e. The molecule has 0 amide bonds. The fourth-order valence-corrected chi connectivity index (χ4v) is 3.94. The van der Waals surface area contributed by atoms with Gasteiger partial charge in [0, 0.05) is 16.8 Å². The number of carboxylic acid groups (broad SMARTS) is 1. The first-order valence-electron chi connectivity index (χ1n) is 9.65. The van der Waals surface area contributed by atoms with Crippen LogP contribution in [0.5, 0.6) is 5.75 Å². The molecule has 11 heteroatoms. The minimum Gasteiger partial charge on any atom is -0.486 e. The van der Waals surface area contributed by atoms with E-state index in [9.17, 15) is 4.79 Å². The Morgan fingerprint density at radius 2 is 1.76 bits per heavy atom. The molecule has 1 aromatic heterocycles. The fraction of sp³-hybridized carbons (Fsp3) is 0.130. The topological polar surface area (TPSA) is 156 Å². The molecule has 0 aliphatic carbocycles. The number of nitrogen functional groups attached to an aromatic ring is 1. The number of hydrogen-bond donors (Lipinski definition) is 3. The van der Waals surface area contributed by atoms with Gasteiger partial charge in [-0.2, -0.15) is 0 Å². The highest BCUT2D eigenvalue weighted by molar-refractivity contribution is 6.37. The molecule has 0 aliphatic rings. The fourth-order valence-electron chi connectivity index (χ4n) is 3.30. The molecule has 4 aromatic rings. The third-order valence-corrected chi connectivity index (χ3v) is 5.37. The van der Waals surface area contributed by atoms with Crippen molar-refractivity contribution in [1.82, 2.24) is 4.98 Å². The summed E-state index contributed by atoms with van der Waals surface area (Å²) in [5.74, 6) is -0.368. The molecular formula is C23H22Cl3N3O5. The van der Waals surface area contributed by atoms with Crippen molar-refractivity contribution < 1.29 is 24.5 Å². The Kier molecular flexibility index (Phi) is 9.14. The molecule has 0 aliphatic heterocycles. The van der Waals surface area contributed by atoms with Crippen LogP contribution in [-0.2, 0) is 17.8 Å². The third kappa shape index (κ3) is 5.91. The Morgan fingerprint density at radius 3 is 2.38 bits per heavy atom. The molecule has 0 unspecified atom stereocenters. The number of aliphatic carboxylic acids is 1. The molecule has 0 fully saturated rings. The van der Waals surface area contributed by atoms with Crippen molar-refractivity contribution in [2.45, 2.75) is 19.1 Å². The number of fused-ring (bicyclic) bond motifs is 1. The number of ether oxygens (including phenoxy) is 1. The molecule has 0 saturated carbocycles. The highest BCUT2D eigenvalue weighted by Gasteiger charge is 2.18. The third-order valence-electron chi connectivity index (χ3n) is 4.81. The molecule has 0 saturated heterocycles. The normalized spacial score (nSPS) is 11.4. The van der Waals surface area contributed by atoms with Gasteiger partial charge < -0.3 is 31.2 Å². The molecule has 1 atom stereocenters. The Labute approximate surface area is 211 Å². The van der Waals surface area contributed by atoms with Crippen molar-refractivity contribution >= 4 is 58.4 Å². The van der Waals surface area contributed by atoms with Crippen LogP contribution in [0.2, 0.25) is 10.0 Å². The van der Waals surface area contributed by atoms with E-state index < -0.39 is 12.0 Å². The highest BCUT2D eigenvalue weighted by atomic mass is 35.5. The average molecular weight is 527 g/mol. The predicted octanol–water partition coefficient (Wildman–Crippen LogP) is 4.51. The van der Waals surface area contributed by atoms with Gasteiger partial charge in [0.25, 0.3) is 0 Å². The maximum Gasteiger partial charge on any atom is 0.320 e. The van der Waals surface area contributed by atoms with Gasteiger partial charge in [-0.25, -0.2) is 4.98 Å². The van der Waals surface area contributed by atoms with E-state index in [4.69, 9.17) is 48.9 Å². The number of oxazole rings is 1. The lowest BCUT2D eigenvalue weighted by molar-refractivity contribution is -0.138. The van der Waals surface area contributed by atoms with Gasteiger partial charge in [-0.05, 0) is 48.4 Å². The summed E-state index contributed by atoms with van der Waals surface area (Å²) in [6.07, 6.45) is 0.0885. The van der Waals surface area contributed by atoms with Gasteiger partial charge in [0.15, 0.2) is 11.3 Å². The van der Waals surface area contributed by atoms with Gasteiger partial charge in [-0.15, -0.1) is 12.4 Å². The summed E-state index contributed by atoms with van der Waals surface area (Å²) in [6.45, 7) is 0.0817. The predicted molar refractivity (Wildman–Crippen MR) is 135 cm³/mol. The van der Waals surface area contributed by atoms with Crippen molar-refractivity contribution in [2.24, 2.45) is 5.73 Å². The molecule has 7 N–H and O–H groups in total. The van der Waals surface area contributed by atoms with E-state index >= 15 is 0 Å². The number of anilines is 1. The first-order valence-corrected chi connectivity index (χ1v) is 10.4. The lowest BCUT2D eigenvalue weighted by Crippen LogP contribution is -2.32. The van der Waals surface area contributed by atoms with Crippen molar-refractivity contribution in [3.63, 3.8) is 0 Å². The second-order valence-corrected chi connectivity index (χ2v) is 8.05. The summed E-state index contributed by atoms with van der Waals surface area (Å²) in [6, 6.07) is 15.1. The minimum atomic E-state index is -1.11. The summed E-state index contributed by atoms with van der Waals surface area (Å²) in [5.41, 5.74) is 15.4. The van der Waals surface area contributed by atoms with Crippen molar-refractivity contribution in [3.05, 3.63) is 75.8 Å². The number of halogens is 3. The standard InChI is InChI=1S/C23H19Cl2N3O4.ClH.H2O/c24-16-6-12(8-18(27)23(29)30)7-17(25)21(16)31-11-14-9-15(26)10-19-20(14)32-22(28-19)13-4-2-1-3-5-13;;/h1-7,9-10,18H,8,11,26-27H2,(H,29,30);1H;1H2/t18-;;/m0../s1. The van der Waals surface area contributed by atoms with E-state index in [1.807, 2.05) is 30.3 Å². The summed E-state index contributed by atoms with van der Waals surface area (Å²) < 4.78 is 11.9. The highest BCUT2D eigenvalue weighted by Crippen LogP contribution is 2.36. The van der Waals surface area contributed by atoms with Crippen LogP contribution in [0.1, 0.15) is 11.1 Å². The van der Waals surface area contributed by atoms with Crippen molar-refractivity contribution in [1.29, 1.82) is 0 Å². The molecule has 180 valence electrons. The van der Waals surface area contributed by atoms with Gasteiger partial charge >= 0.3 is 5.97 Å². The summed E-state index contributed by atoms with van der Waals surface area (Å²) in [5, 5.41) is 9.48. The molecule has 0 bridgehead atoms. The van der Waals surface area contributed by atoms with Crippen LogP contribution >= 0.6 is 35.6 Å². The van der Waals surface area contributed by atoms with Gasteiger partial charge in [-0.1, -0.05) is 41.4 Å². The van der Waals surface area contributed by atoms with E-state index in [1.165, 1.54) is 0 Å². The van der Waals surface area contributed by atoms with Crippen LogP contribution in [0.3, 0.4) is 0 Å². The van der Waals surface area contributed by atoms with Gasteiger partial charge in [-0.3, -0.25) is 4.79 Å². The smallest absolute Gasteiger partial charge is 0.320 e. The maximum atomic E-state index is 11.0. The summed E-state index contributed by atoms with van der Waals surface area (Å²) in [4.78, 5) is 15.5. The molecule has 8 nitrogen and oxygen atoms in total. The van der Waals surface area contributed by atoms with Gasteiger partial charge in [0.05, 0.1) is 10.0 Å². The molecule has 4 rings (SSSR count). The van der Waals surface area contributed by atoms with Crippen molar-refractivity contribution in [3.8, 4) is 17.2 Å². The minimum absolute atomic E-state index is 0. The number of nitrogens with zero attached hydrogens (tertiary/aromatic N) is 1.